The maximum Gasteiger partial charge on any atom is 0.410 e. The molecule has 3 amide bonds. The lowest BCUT2D eigenvalue weighted by molar-refractivity contribution is -0.120. The number of benzene rings is 1. The van der Waals surface area contributed by atoms with Crippen molar-refractivity contribution in [2.75, 3.05) is 36.4 Å². The third-order valence-corrected chi connectivity index (χ3v) is 4.91. The predicted molar refractivity (Wildman–Crippen MR) is 111 cm³/mol. The van der Waals surface area contributed by atoms with Crippen LogP contribution < -0.4 is 15.5 Å². The van der Waals surface area contributed by atoms with E-state index in [2.05, 4.69) is 10.6 Å². The number of nitrogens with one attached hydrogen (secondary N) is 2. The van der Waals surface area contributed by atoms with Gasteiger partial charge in [0.25, 0.3) is 0 Å². The van der Waals surface area contributed by atoms with Gasteiger partial charge in [0.15, 0.2) is 0 Å². The zero-order chi connectivity index (χ0) is 21.0. The van der Waals surface area contributed by atoms with Gasteiger partial charge >= 0.3 is 6.09 Å². The topological polar surface area (TPSA) is 91.0 Å². The molecule has 0 aliphatic carbocycles. The molecule has 1 aromatic rings. The average molecular weight is 402 g/mol. The van der Waals surface area contributed by atoms with Crippen LogP contribution in [-0.2, 0) is 14.3 Å². The number of hydrogen-bond acceptors (Lipinski definition) is 5. The van der Waals surface area contributed by atoms with Gasteiger partial charge in [0, 0.05) is 44.0 Å². The second-order valence-corrected chi connectivity index (χ2v) is 8.47. The fraction of sp³-hybridized carbons (Fsp3) is 0.571. The number of nitrogens with zero attached hydrogens (tertiary/aromatic N) is 2. The second-order valence-electron chi connectivity index (χ2n) is 8.47. The van der Waals surface area contributed by atoms with Crippen molar-refractivity contribution in [3.63, 3.8) is 0 Å². The first-order valence-electron chi connectivity index (χ1n) is 10.2. The summed E-state index contributed by atoms with van der Waals surface area (Å²) in [5, 5.41) is 6.02. The molecule has 29 heavy (non-hydrogen) atoms. The van der Waals surface area contributed by atoms with Crippen molar-refractivity contribution in [2.45, 2.75) is 51.7 Å². The molecule has 8 nitrogen and oxygen atoms in total. The largest absolute Gasteiger partial charge is 0.444 e. The van der Waals surface area contributed by atoms with Gasteiger partial charge < -0.3 is 25.2 Å². The number of amides is 3. The first kappa shape index (κ1) is 21.1. The van der Waals surface area contributed by atoms with Crippen molar-refractivity contribution in [3.05, 3.63) is 24.3 Å². The van der Waals surface area contributed by atoms with Gasteiger partial charge in [-0.1, -0.05) is 0 Å². The van der Waals surface area contributed by atoms with Crippen LogP contribution in [0, 0.1) is 0 Å². The highest BCUT2D eigenvalue weighted by Crippen LogP contribution is 2.23. The van der Waals surface area contributed by atoms with Gasteiger partial charge in [-0.25, -0.2) is 4.79 Å². The van der Waals surface area contributed by atoms with Gasteiger partial charge in [-0.15, -0.1) is 0 Å². The molecule has 3 rings (SSSR count). The summed E-state index contributed by atoms with van der Waals surface area (Å²) in [6.07, 6.45) is 2.12. The van der Waals surface area contributed by atoms with Crippen molar-refractivity contribution < 1.29 is 19.1 Å². The maximum absolute atomic E-state index is 12.6. The van der Waals surface area contributed by atoms with E-state index >= 15 is 0 Å². The Morgan fingerprint density at radius 3 is 2.52 bits per heavy atom. The van der Waals surface area contributed by atoms with Crippen molar-refractivity contribution >= 4 is 29.3 Å². The highest BCUT2D eigenvalue weighted by atomic mass is 16.6. The molecule has 0 spiro atoms. The molecule has 2 N–H and O–H groups in total. The van der Waals surface area contributed by atoms with Gasteiger partial charge in [0.05, 0.1) is 0 Å². The normalized spacial score (nSPS) is 20.4. The molecule has 2 aliphatic rings. The Kier molecular flexibility index (Phi) is 6.42. The molecule has 2 fully saturated rings. The monoisotopic (exact) mass is 402 g/mol. The molecule has 1 atom stereocenters. The number of carbonyl (C=O) groups is 3. The van der Waals surface area contributed by atoms with E-state index < -0.39 is 17.7 Å². The lowest BCUT2D eigenvalue weighted by atomic mass is 10.1. The summed E-state index contributed by atoms with van der Waals surface area (Å²) in [7, 11) is 0. The number of hydrogen-bond donors (Lipinski definition) is 2. The molecule has 0 aromatic heterocycles. The number of ether oxygens (including phenoxy) is 1. The summed E-state index contributed by atoms with van der Waals surface area (Å²) in [5.41, 5.74) is 0.927. The van der Waals surface area contributed by atoms with E-state index in [4.69, 9.17) is 4.74 Å². The molecule has 158 valence electrons. The molecule has 0 radical (unpaired) electrons. The van der Waals surface area contributed by atoms with Crippen molar-refractivity contribution in [2.24, 2.45) is 0 Å². The quantitative estimate of drug-likeness (QED) is 0.810. The van der Waals surface area contributed by atoms with Crippen LogP contribution in [0.2, 0.25) is 0 Å². The van der Waals surface area contributed by atoms with Crippen molar-refractivity contribution in [1.29, 1.82) is 0 Å². The Morgan fingerprint density at radius 2 is 1.86 bits per heavy atom. The molecule has 1 aromatic carbocycles. The highest BCUT2D eigenvalue weighted by Gasteiger charge is 2.30. The van der Waals surface area contributed by atoms with Crippen LogP contribution in [0.5, 0.6) is 0 Å². The number of rotatable bonds is 3. The molecule has 2 aliphatic heterocycles. The fourth-order valence-electron chi connectivity index (χ4n) is 3.45. The number of anilines is 2. The van der Waals surface area contributed by atoms with Crippen LogP contribution in [0.3, 0.4) is 0 Å². The Labute approximate surface area is 171 Å². The third-order valence-electron chi connectivity index (χ3n) is 4.91. The average Bonchev–Trinajstić information content (AvgIpc) is 2.68. The van der Waals surface area contributed by atoms with E-state index in [-0.39, 0.29) is 18.4 Å². The van der Waals surface area contributed by atoms with E-state index in [0.717, 1.165) is 25.1 Å². The zero-order valence-electron chi connectivity index (χ0n) is 17.4. The van der Waals surface area contributed by atoms with Gasteiger partial charge in [0.2, 0.25) is 11.8 Å². The Bertz CT molecular complexity index is 757. The number of carbonyl (C=O) groups excluding carboxylic acids is 3. The first-order chi connectivity index (χ1) is 13.7. The predicted octanol–water partition coefficient (Wildman–Crippen LogP) is 2.35. The van der Waals surface area contributed by atoms with Crippen LogP contribution in [0.1, 0.15) is 40.0 Å². The summed E-state index contributed by atoms with van der Waals surface area (Å²) in [4.78, 5) is 40.3. The van der Waals surface area contributed by atoms with Gasteiger partial charge in [0.1, 0.15) is 11.6 Å². The van der Waals surface area contributed by atoms with Crippen LogP contribution in [0.25, 0.3) is 0 Å². The minimum atomic E-state index is -0.572. The minimum absolute atomic E-state index is 0.140. The molecule has 0 bridgehead atoms. The lowest BCUT2D eigenvalue weighted by Crippen LogP contribution is -2.57. The maximum atomic E-state index is 12.6. The summed E-state index contributed by atoms with van der Waals surface area (Å²) in [5.74, 6) is -0.0678. The van der Waals surface area contributed by atoms with Crippen LogP contribution in [-0.4, -0.2) is 60.6 Å². The van der Waals surface area contributed by atoms with E-state index in [1.807, 2.05) is 32.9 Å². The standard InChI is InChI=1S/C21H30N4O4/c1-21(2,3)29-20(28)24-13-11-22-17(14-24)19(27)23-15-7-9-16(10-8-15)25-12-5-4-6-18(25)26/h7-10,17,22H,4-6,11-14H2,1-3H3,(H,23,27). The summed E-state index contributed by atoms with van der Waals surface area (Å²) in [6.45, 7) is 7.46. The number of piperazine rings is 1. The van der Waals surface area contributed by atoms with Crippen molar-refractivity contribution in [3.8, 4) is 0 Å². The summed E-state index contributed by atoms with van der Waals surface area (Å²) in [6, 6.07) is 6.77. The fourth-order valence-corrected chi connectivity index (χ4v) is 3.45. The van der Waals surface area contributed by atoms with Gasteiger partial charge in [-0.05, 0) is 57.9 Å². The van der Waals surface area contributed by atoms with E-state index in [9.17, 15) is 14.4 Å². The summed E-state index contributed by atoms with van der Waals surface area (Å²) >= 11 is 0. The minimum Gasteiger partial charge on any atom is -0.444 e. The first-order valence-corrected chi connectivity index (χ1v) is 10.2. The van der Waals surface area contributed by atoms with Gasteiger partial charge in [-0.2, -0.15) is 0 Å². The van der Waals surface area contributed by atoms with Crippen LogP contribution in [0.15, 0.2) is 24.3 Å². The molecule has 8 heteroatoms. The molecule has 0 saturated carbocycles. The highest BCUT2D eigenvalue weighted by molar-refractivity contribution is 5.97. The smallest absolute Gasteiger partial charge is 0.410 e. The third kappa shape index (κ3) is 5.69. The SMILES string of the molecule is CC(C)(C)OC(=O)N1CCNC(C(=O)Nc2ccc(N3CCCCC3=O)cc2)C1. The summed E-state index contributed by atoms with van der Waals surface area (Å²) < 4.78 is 5.40. The lowest BCUT2D eigenvalue weighted by Gasteiger charge is -2.34. The molecule has 2 saturated heterocycles. The van der Waals surface area contributed by atoms with E-state index in [1.54, 1.807) is 21.9 Å². The van der Waals surface area contributed by atoms with Crippen LogP contribution in [0.4, 0.5) is 16.2 Å². The van der Waals surface area contributed by atoms with E-state index in [0.29, 0.717) is 25.2 Å². The number of piperidine rings is 1. The Hall–Kier alpha value is -2.61. The van der Waals surface area contributed by atoms with Crippen LogP contribution >= 0.6 is 0 Å². The van der Waals surface area contributed by atoms with Crippen molar-refractivity contribution in [1.82, 2.24) is 10.2 Å². The Balaban J connectivity index is 1.56. The molecule has 2 heterocycles. The zero-order valence-corrected chi connectivity index (χ0v) is 17.4. The molecule has 1 unspecified atom stereocenters. The van der Waals surface area contributed by atoms with Gasteiger partial charge in [-0.3, -0.25) is 9.59 Å². The Morgan fingerprint density at radius 1 is 1.14 bits per heavy atom. The van der Waals surface area contributed by atoms with E-state index in [1.165, 1.54) is 0 Å². The second kappa shape index (κ2) is 8.82. The molecular weight excluding hydrogens is 372 g/mol. The molecular formula is C21H30N4O4.